The summed E-state index contributed by atoms with van der Waals surface area (Å²) in [5, 5.41) is 8.88. The van der Waals surface area contributed by atoms with Gasteiger partial charge in [0.25, 0.3) is 0 Å². The number of nitrogens with zero attached hydrogens (tertiary/aromatic N) is 1. The zero-order chi connectivity index (χ0) is 13.7. The number of aliphatic hydroxyl groups is 1. The van der Waals surface area contributed by atoms with Crippen molar-refractivity contribution >= 4 is 5.91 Å². The molecule has 104 valence electrons. The maximum absolute atomic E-state index is 11.7. The van der Waals surface area contributed by atoms with Crippen LogP contribution in [0, 0.1) is 5.92 Å². The van der Waals surface area contributed by atoms with Crippen molar-refractivity contribution in [1.82, 2.24) is 4.90 Å². The lowest BCUT2D eigenvalue weighted by molar-refractivity contribution is -0.138. The molecule has 1 aromatic carbocycles. The Morgan fingerprint density at radius 3 is 2.53 bits per heavy atom. The molecule has 0 atom stereocenters. The van der Waals surface area contributed by atoms with Crippen LogP contribution in [0.2, 0.25) is 0 Å². The van der Waals surface area contributed by atoms with Crippen LogP contribution < -0.4 is 9.47 Å². The molecule has 1 heterocycles. The van der Waals surface area contributed by atoms with Crippen LogP contribution in [0.1, 0.15) is 6.42 Å². The fourth-order valence-corrected chi connectivity index (χ4v) is 1.98. The van der Waals surface area contributed by atoms with Crippen LogP contribution in [0.15, 0.2) is 24.3 Å². The van der Waals surface area contributed by atoms with Crippen LogP contribution >= 0.6 is 0 Å². The van der Waals surface area contributed by atoms with Crippen molar-refractivity contribution in [3.8, 4) is 11.5 Å². The number of benzene rings is 1. The highest BCUT2D eigenvalue weighted by molar-refractivity contribution is 5.77. The normalized spacial score (nSPS) is 14.9. The van der Waals surface area contributed by atoms with Crippen molar-refractivity contribution in [1.29, 1.82) is 0 Å². The largest absolute Gasteiger partial charge is 0.497 e. The molecule has 1 fully saturated rings. The highest BCUT2D eigenvalue weighted by Gasteiger charge is 2.29. The second-order valence-electron chi connectivity index (χ2n) is 4.62. The maximum Gasteiger partial charge on any atom is 0.226 e. The summed E-state index contributed by atoms with van der Waals surface area (Å²) in [5.74, 6) is 1.84. The number of ether oxygens (including phenoxy) is 2. The summed E-state index contributed by atoms with van der Waals surface area (Å²) in [6.45, 7) is 1.85. The van der Waals surface area contributed by atoms with E-state index in [4.69, 9.17) is 14.6 Å². The van der Waals surface area contributed by atoms with Gasteiger partial charge in [-0.1, -0.05) is 0 Å². The summed E-state index contributed by atoms with van der Waals surface area (Å²) in [6, 6.07) is 7.26. The number of likely N-dealkylation sites (tertiary alicyclic amines) is 1. The first kappa shape index (κ1) is 13.7. The van der Waals surface area contributed by atoms with E-state index in [-0.39, 0.29) is 18.4 Å². The van der Waals surface area contributed by atoms with Gasteiger partial charge >= 0.3 is 0 Å². The SMILES string of the molecule is COc1ccc(OCCC(=O)N2CC(CO)C2)cc1. The van der Waals surface area contributed by atoms with E-state index in [1.807, 2.05) is 24.3 Å². The highest BCUT2D eigenvalue weighted by Crippen LogP contribution is 2.18. The van der Waals surface area contributed by atoms with E-state index in [1.165, 1.54) is 0 Å². The Morgan fingerprint density at radius 1 is 1.32 bits per heavy atom. The molecule has 1 saturated heterocycles. The molecule has 0 saturated carbocycles. The number of hydrogen-bond acceptors (Lipinski definition) is 4. The van der Waals surface area contributed by atoms with Crippen molar-refractivity contribution < 1.29 is 19.4 Å². The molecule has 0 bridgehead atoms. The Morgan fingerprint density at radius 2 is 1.95 bits per heavy atom. The molecule has 5 heteroatoms. The van der Waals surface area contributed by atoms with Gasteiger partial charge in [-0.2, -0.15) is 0 Å². The second kappa shape index (κ2) is 6.43. The molecule has 19 heavy (non-hydrogen) atoms. The summed E-state index contributed by atoms with van der Waals surface area (Å²) < 4.78 is 10.5. The van der Waals surface area contributed by atoms with Gasteiger partial charge in [-0.05, 0) is 24.3 Å². The third kappa shape index (κ3) is 3.61. The van der Waals surface area contributed by atoms with E-state index >= 15 is 0 Å². The van der Waals surface area contributed by atoms with Gasteiger partial charge in [0.05, 0.1) is 20.1 Å². The Hall–Kier alpha value is -1.75. The molecule has 0 aromatic heterocycles. The van der Waals surface area contributed by atoms with E-state index < -0.39 is 0 Å². The Labute approximate surface area is 112 Å². The van der Waals surface area contributed by atoms with E-state index in [1.54, 1.807) is 12.0 Å². The first-order valence-electron chi connectivity index (χ1n) is 6.38. The number of carbonyl (C=O) groups is 1. The van der Waals surface area contributed by atoms with Crippen LogP contribution in [-0.2, 0) is 4.79 Å². The van der Waals surface area contributed by atoms with Crippen molar-refractivity contribution in [2.45, 2.75) is 6.42 Å². The average molecular weight is 265 g/mol. The number of carbonyl (C=O) groups excluding carboxylic acids is 1. The Bertz CT molecular complexity index is 412. The Balaban J connectivity index is 1.67. The molecule has 1 amide bonds. The molecule has 0 radical (unpaired) electrons. The molecule has 1 aromatic rings. The number of aliphatic hydroxyl groups excluding tert-OH is 1. The van der Waals surface area contributed by atoms with Crippen molar-refractivity contribution in [2.75, 3.05) is 33.4 Å². The van der Waals surface area contributed by atoms with Crippen LogP contribution in [0.4, 0.5) is 0 Å². The van der Waals surface area contributed by atoms with Gasteiger partial charge in [0.15, 0.2) is 0 Å². The van der Waals surface area contributed by atoms with Crippen molar-refractivity contribution in [2.24, 2.45) is 5.92 Å². The van der Waals surface area contributed by atoms with E-state index in [0.29, 0.717) is 26.1 Å². The molecule has 1 aliphatic heterocycles. The molecule has 2 rings (SSSR count). The van der Waals surface area contributed by atoms with E-state index in [2.05, 4.69) is 0 Å². The van der Waals surface area contributed by atoms with Gasteiger partial charge in [0.1, 0.15) is 11.5 Å². The molecule has 0 spiro atoms. The molecule has 1 N–H and O–H groups in total. The third-order valence-electron chi connectivity index (χ3n) is 3.21. The van der Waals surface area contributed by atoms with E-state index in [9.17, 15) is 4.79 Å². The fourth-order valence-electron chi connectivity index (χ4n) is 1.98. The number of methoxy groups -OCH3 is 1. The second-order valence-corrected chi connectivity index (χ2v) is 4.62. The predicted octanol–water partition coefficient (Wildman–Crippen LogP) is 0.915. The van der Waals surface area contributed by atoms with Crippen LogP contribution in [0.25, 0.3) is 0 Å². The van der Waals surface area contributed by atoms with Gasteiger partial charge in [-0.15, -0.1) is 0 Å². The van der Waals surface area contributed by atoms with Crippen molar-refractivity contribution in [3.63, 3.8) is 0 Å². The minimum Gasteiger partial charge on any atom is -0.497 e. The average Bonchev–Trinajstić information content (AvgIpc) is 2.38. The number of rotatable bonds is 6. The summed E-state index contributed by atoms with van der Waals surface area (Å²) >= 11 is 0. The maximum atomic E-state index is 11.7. The molecule has 5 nitrogen and oxygen atoms in total. The minimum absolute atomic E-state index is 0.0817. The highest BCUT2D eigenvalue weighted by atomic mass is 16.5. The number of amides is 1. The standard InChI is InChI=1S/C14H19NO4/c1-18-12-2-4-13(5-3-12)19-7-6-14(17)15-8-11(9-15)10-16/h2-5,11,16H,6-10H2,1H3. The fraction of sp³-hybridized carbons (Fsp3) is 0.500. The lowest BCUT2D eigenvalue weighted by Crippen LogP contribution is -2.51. The van der Waals surface area contributed by atoms with Crippen LogP contribution in [-0.4, -0.2) is 49.3 Å². The first-order chi connectivity index (χ1) is 9.22. The zero-order valence-corrected chi connectivity index (χ0v) is 11.0. The lowest BCUT2D eigenvalue weighted by atomic mass is 10.0. The quantitative estimate of drug-likeness (QED) is 0.830. The van der Waals surface area contributed by atoms with Crippen molar-refractivity contribution in [3.05, 3.63) is 24.3 Å². The molecule has 1 aliphatic rings. The third-order valence-corrected chi connectivity index (χ3v) is 3.21. The summed E-state index contributed by atoms with van der Waals surface area (Å²) in [4.78, 5) is 13.5. The van der Waals surface area contributed by atoms with Gasteiger partial charge < -0.3 is 19.5 Å². The van der Waals surface area contributed by atoms with Gasteiger partial charge in [0.2, 0.25) is 5.91 Å². The van der Waals surface area contributed by atoms with E-state index in [0.717, 1.165) is 11.5 Å². The zero-order valence-electron chi connectivity index (χ0n) is 11.0. The molecular formula is C14H19NO4. The van der Waals surface area contributed by atoms with Crippen LogP contribution in [0.5, 0.6) is 11.5 Å². The van der Waals surface area contributed by atoms with Gasteiger partial charge in [-0.3, -0.25) is 4.79 Å². The number of hydrogen-bond donors (Lipinski definition) is 1. The summed E-state index contributed by atoms with van der Waals surface area (Å²) in [5.41, 5.74) is 0. The van der Waals surface area contributed by atoms with Gasteiger partial charge in [-0.25, -0.2) is 0 Å². The molecular weight excluding hydrogens is 246 g/mol. The predicted molar refractivity (Wildman–Crippen MR) is 70.3 cm³/mol. The summed E-state index contributed by atoms with van der Waals surface area (Å²) in [6.07, 6.45) is 0.365. The summed E-state index contributed by atoms with van der Waals surface area (Å²) in [7, 11) is 1.61. The van der Waals surface area contributed by atoms with Gasteiger partial charge in [0, 0.05) is 25.6 Å². The minimum atomic E-state index is 0.0817. The Kier molecular flexibility index (Phi) is 4.63. The molecule has 0 aliphatic carbocycles. The molecule has 0 unspecified atom stereocenters. The monoisotopic (exact) mass is 265 g/mol. The smallest absolute Gasteiger partial charge is 0.226 e. The topological polar surface area (TPSA) is 59.0 Å². The first-order valence-corrected chi connectivity index (χ1v) is 6.38. The lowest BCUT2D eigenvalue weighted by Gasteiger charge is -2.38. The van der Waals surface area contributed by atoms with Crippen LogP contribution in [0.3, 0.4) is 0 Å².